The van der Waals surface area contributed by atoms with Gasteiger partial charge in [-0.1, -0.05) is 0 Å². The van der Waals surface area contributed by atoms with Crippen molar-refractivity contribution in [1.29, 1.82) is 0 Å². The number of rotatable bonds is 5. The molecule has 102 valence electrons. The Morgan fingerprint density at radius 1 is 1.26 bits per heavy atom. The van der Waals surface area contributed by atoms with Crippen LogP contribution < -0.4 is 11.1 Å². The summed E-state index contributed by atoms with van der Waals surface area (Å²) >= 11 is 0. The monoisotopic (exact) mass is 272 g/mol. The number of halogens is 2. The van der Waals surface area contributed by atoms with Crippen LogP contribution in [0.2, 0.25) is 0 Å². The Bertz CT molecular complexity index is 533. The van der Waals surface area contributed by atoms with E-state index in [1.807, 2.05) is 5.32 Å². The van der Waals surface area contributed by atoms with Gasteiger partial charge in [0.2, 0.25) is 5.91 Å². The lowest BCUT2D eigenvalue weighted by atomic mass is 10.1. The Balaban J connectivity index is 2.84. The maximum absolute atomic E-state index is 12.9. The number of aliphatic carboxylic acids is 1. The van der Waals surface area contributed by atoms with E-state index in [9.17, 15) is 23.2 Å². The highest BCUT2D eigenvalue weighted by Crippen LogP contribution is 2.09. The second-order valence-electron chi connectivity index (χ2n) is 3.66. The Morgan fingerprint density at radius 3 is 2.37 bits per heavy atom. The Kier molecular flexibility index (Phi) is 4.51. The molecule has 0 bridgehead atoms. The second-order valence-corrected chi connectivity index (χ2v) is 3.66. The van der Waals surface area contributed by atoms with Gasteiger partial charge < -0.3 is 16.2 Å². The van der Waals surface area contributed by atoms with Gasteiger partial charge in [0.15, 0.2) is 11.6 Å². The van der Waals surface area contributed by atoms with Crippen molar-refractivity contribution in [3.05, 3.63) is 35.4 Å². The second kappa shape index (κ2) is 5.89. The number of hydrogen-bond acceptors (Lipinski definition) is 3. The highest BCUT2D eigenvalue weighted by molar-refractivity contribution is 5.98. The average molecular weight is 272 g/mol. The normalized spacial score (nSPS) is 11.7. The van der Waals surface area contributed by atoms with Crippen molar-refractivity contribution in [1.82, 2.24) is 5.32 Å². The van der Waals surface area contributed by atoms with Crippen molar-refractivity contribution in [3.8, 4) is 0 Å². The summed E-state index contributed by atoms with van der Waals surface area (Å²) in [5, 5.41) is 10.6. The number of nitrogens with one attached hydrogen (secondary N) is 1. The molecule has 1 aromatic carbocycles. The van der Waals surface area contributed by atoms with Crippen LogP contribution in [0.5, 0.6) is 0 Å². The van der Waals surface area contributed by atoms with Crippen LogP contribution in [0.3, 0.4) is 0 Å². The summed E-state index contributed by atoms with van der Waals surface area (Å²) in [5.41, 5.74) is 4.66. The van der Waals surface area contributed by atoms with Crippen LogP contribution in [0.4, 0.5) is 8.78 Å². The number of carboxylic acids is 1. The van der Waals surface area contributed by atoms with Crippen molar-refractivity contribution in [3.63, 3.8) is 0 Å². The molecule has 0 fully saturated rings. The van der Waals surface area contributed by atoms with Gasteiger partial charge in [0.1, 0.15) is 6.04 Å². The lowest BCUT2D eigenvalue weighted by Crippen LogP contribution is -2.45. The zero-order valence-corrected chi connectivity index (χ0v) is 9.52. The largest absolute Gasteiger partial charge is 0.481 e. The standard InChI is InChI=1S/C11H10F2N2O4/c12-6-2-1-5(3-7(6)13)11(19)15-8(10(14)18)4-9(16)17/h1-3,8H,4H2,(H2,14,18)(H,15,19)(H,16,17)/t8-/m0/s1. The number of hydrogen-bond donors (Lipinski definition) is 3. The van der Waals surface area contributed by atoms with E-state index in [-0.39, 0.29) is 5.56 Å². The third kappa shape index (κ3) is 4.02. The predicted octanol–water partition coefficient (Wildman–Crippen LogP) is 0.0232. The fourth-order valence-electron chi connectivity index (χ4n) is 1.28. The molecule has 0 aromatic heterocycles. The fraction of sp³-hybridized carbons (Fsp3) is 0.182. The molecule has 0 saturated carbocycles. The minimum Gasteiger partial charge on any atom is -0.481 e. The van der Waals surface area contributed by atoms with Gasteiger partial charge in [-0.3, -0.25) is 14.4 Å². The van der Waals surface area contributed by atoms with Crippen LogP contribution in [0, 0.1) is 11.6 Å². The van der Waals surface area contributed by atoms with Gasteiger partial charge in [0.25, 0.3) is 5.91 Å². The number of nitrogens with two attached hydrogens (primary N) is 1. The van der Waals surface area contributed by atoms with E-state index >= 15 is 0 Å². The fourth-order valence-corrected chi connectivity index (χ4v) is 1.28. The molecule has 2 amide bonds. The lowest BCUT2D eigenvalue weighted by Gasteiger charge is -2.13. The molecule has 1 aromatic rings. The van der Waals surface area contributed by atoms with Crippen LogP contribution >= 0.6 is 0 Å². The van der Waals surface area contributed by atoms with Crippen LogP contribution in [0.15, 0.2) is 18.2 Å². The average Bonchev–Trinajstić information content (AvgIpc) is 2.31. The van der Waals surface area contributed by atoms with Crippen LogP contribution in [-0.4, -0.2) is 28.9 Å². The zero-order valence-electron chi connectivity index (χ0n) is 9.52. The molecule has 8 heteroatoms. The van der Waals surface area contributed by atoms with Crippen molar-refractivity contribution < 1.29 is 28.3 Å². The number of carbonyl (C=O) groups is 3. The van der Waals surface area contributed by atoms with E-state index in [0.29, 0.717) is 6.07 Å². The third-order valence-corrected chi connectivity index (χ3v) is 2.21. The van der Waals surface area contributed by atoms with Crippen molar-refractivity contribution in [2.75, 3.05) is 0 Å². The first-order chi connectivity index (χ1) is 8.81. The number of carboxylic acid groups (broad SMARTS) is 1. The van der Waals surface area contributed by atoms with Crippen LogP contribution in [-0.2, 0) is 9.59 Å². The van der Waals surface area contributed by atoms with Gasteiger partial charge in [0.05, 0.1) is 6.42 Å². The van der Waals surface area contributed by atoms with Gasteiger partial charge in [-0.2, -0.15) is 0 Å². The van der Waals surface area contributed by atoms with Gasteiger partial charge in [0, 0.05) is 5.56 Å². The third-order valence-electron chi connectivity index (χ3n) is 2.21. The molecule has 0 heterocycles. The molecular formula is C11H10F2N2O4. The van der Waals surface area contributed by atoms with Crippen LogP contribution in [0.1, 0.15) is 16.8 Å². The predicted molar refractivity (Wildman–Crippen MR) is 59.1 cm³/mol. The molecule has 0 aliphatic heterocycles. The molecule has 0 unspecified atom stereocenters. The van der Waals surface area contributed by atoms with Gasteiger partial charge in [-0.25, -0.2) is 8.78 Å². The van der Waals surface area contributed by atoms with Crippen molar-refractivity contribution in [2.24, 2.45) is 5.73 Å². The summed E-state index contributed by atoms with van der Waals surface area (Å²) in [6, 6.07) is 0.926. The van der Waals surface area contributed by atoms with Crippen molar-refractivity contribution >= 4 is 17.8 Å². The van der Waals surface area contributed by atoms with E-state index in [4.69, 9.17) is 10.8 Å². The van der Waals surface area contributed by atoms with E-state index in [1.54, 1.807) is 0 Å². The van der Waals surface area contributed by atoms with Crippen LogP contribution in [0.25, 0.3) is 0 Å². The molecule has 1 atom stereocenters. The minimum atomic E-state index is -1.43. The zero-order chi connectivity index (χ0) is 14.6. The molecule has 0 radical (unpaired) electrons. The highest BCUT2D eigenvalue weighted by Gasteiger charge is 2.22. The van der Waals surface area contributed by atoms with Gasteiger partial charge in [-0.05, 0) is 18.2 Å². The van der Waals surface area contributed by atoms with Crippen molar-refractivity contribution in [2.45, 2.75) is 12.5 Å². The number of benzene rings is 1. The molecule has 0 aliphatic carbocycles. The molecule has 4 N–H and O–H groups in total. The number of carbonyl (C=O) groups excluding carboxylic acids is 2. The summed E-state index contributed by atoms with van der Waals surface area (Å²) in [5.74, 6) is -5.67. The van der Waals surface area contributed by atoms with E-state index in [2.05, 4.69) is 0 Å². The Labute approximate surface area is 106 Å². The quantitative estimate of drug-likeness (QED) is 0.702. The first-order valence-electron chi connectivity index (χ1n) is 5.08. The van der Waals surface area contributed by atoms with E-state index in [1.165, 1.54) is 0 Å². The summed E-state index contributed by atoms with van der Waals surface area (Å²) in [7, 11) is 0. The first-order valence-corrected chi connectivity index (χ1v) is 5.08. The molecule has 1 rings (SSSR count). The molecule has 0 saturated heterocycles. The SMILES string of the molecule is NC(=O)[C@H](CC(=O)O)NC(=O)c1ccc(F)c(F)c1. The lowest BCUT2D eigenvalue weighted by molar-refractivity contribution is -0.139. The smallest absolute Gasteiger partial charge is 0.305 e. The summed E-state index contributed by atoms with van der Waals surface area (Å²) in [6.45, 7) is 0. The summed E-state index contributed by atoms with van der Waals surface area (Å²) in [6.07, 6.45) is -0.704. The molecule has 0 spiro atoms. The van der Waals surface area contributed by atoms with Gasteiger partial charge in [-0.15, -0.1) is 0 Å². The summed E-state index contributed by atoms with van der Waals surface area (Å²) in [4.78, 5) is 33.0. The first kappa shape index (κ1) is 14.6. The number of primary amides is 1. The molecule has 6 nitrogen and oxygen atoms in total. The minimum absolute atomic E-state index is 0.254. The number of amides is 2. The summed E-state index contributed by atoms with van der Waals surface area (Å²) < 4.78 is 25.6. The maximum atomic E-state index is 12.9. The highest BCUT2D eigenvalue weighted by atomic mass is 19.2. The molecular weight excluding hydrogens is 262 g/mol. The van der Waals surface area contributed by atoms with Gasteiger partial charge >= 0.3 is 5.97 Å². The Morgan fingerprint density at radius 2 is 1.89 bits per heavy atom. The molecule has 0 aliphatic rings. The molecule has 19 heavy (non-hydrogen) atoms. The van der Waals surface area contributed by atoms with E-state index in [0.717, 1.165) is 12.1 Å². The maximum Gasteiger partial charge on any atom is 0.305 e. The Hall–Kier alpha value is -2.51. The topological polar surface area (TPSA) is 109 Å². The van der Waals surface area contributed by atoms with E-state index < -0.39 is 41.9 Å².